The Hall–Kier alpha value is -3.54. The smallest absolute Gasteiger partial charge is 0.0714 e. The van der Waals surface area contributed by atoms with Crippen LogP contribution in [-0.2, 0) is 5.41 Å². The summed E-state index contributed by atoms with van der Waals surface area (Å²) in [6, 6.07) is 44.8. The van der Waals surface area contributed by atoms with Gasteiger partial charge in [-0.15, -0.1) is 23.5 Å². The van der Waals surface area contributed by atoms with Crippen molar-refractivity contribution in [1.82, 2.24) is 0 Å². The number of rotatable bonds is 8. The molecule has 2 nitrogen and oxygen atoms in total. The van der Waals surface area contributed by atoms with Crippen LogP contribution in [0.4, 0.5) is 0 Å². The van der Waals surface area contributed by atoms with Crippen molar-refractivity contribution in [2.24, 2.45) is 0 Å². The summed E-state index contributed by atoms with van der Waals surface area (Å²) in [7, 11) is 0. The fourth-order valence-electron chi connectivity index (χ4n) is 6.44. The maximum atomic E-state index is 9.28. The molecule has 0 bridgehead atoms. The van der Waals surface area contributed by atoms with Crippen LogP contribution in [0.25, 0.3) is 32.7 Å². The van der Waals surface area contributed by atoms with Crippen molar-refractivity contribution in [2.75, 3.05) is 24.7 Å². The summed E-state index contributed by atoms with van der Waals surface area (Å²) < 4.78 is 0. The Bertz CT molecular complexity index is 1760. The van der Waals surface area contributed by atoms with E-state index in [1.54, 1.807) is 23.5 Å². The van der Waals surface area contributed by atoms with Gasteiger partial charge in [0.15, 0.2) is 0 Å². The van der Waals surface area contributed by atoms with Gasteiger partial charge >= 0.3 is 0 Å². The van der Waals surface area contributed by atoms with Crippen LogP contribution in [0.3, 0.4) is 0 Å². The van der Waals surface area contributed by atoms with Gasteiger partial charge in [-0.1, -0.05) is 84.9 Å². The third kappa shape index (κ3) is 4.47. The number of thioether (sulfide) groups is 2. The zero-order valence-electron chi connectivity index (χ0n) is 22.6. The van der Waals surface area contributed by atoms with E-state index < -0.39 is 5.41 Å². The Kier molecular flexibility index (Phi) is 7.09. The minimum absolute atomic E-state index is 0.178. The van der Waals surface area contributed by atoms with Gasteiger partial charge < -0.3 is 10.2 Å². The van der Waals surface area contributed by atoms with E-state index in [1.807, 2.05) is 0 Å². The topological polar surface area (TPSA) is 40.5 Å². The first-order chi connectivity index (χ1) is 20.2. The lowest BCUT2D eigenvalue weighted by atomic mass is 9.67. The van der Waals surface area contributed by atoms with Crippen LogP contribution >= 0.6 is 23.5 Å². The van der Waals surface area contributed by atoms with Gasteiger partial charge in [0.25, 0.3) is 0 Å². The minimum atomic E-state index is -0.454. The molecule has 0 spiro atoms. The molecule has 2 N–H and O–H groups in total. The van der Waals surface area contributed by atoms with Crippen LogP contribution in [0.5, 0.6) is 0 Å². The normalized spacial score (nSPS) is 13.4. The molecule has 0 unspecified atom stereocenters. The molecule has 0 amide bonds. The largest absolute Gasteiger partial charge is 0.396 e. The molecule has 1 aliphatic carbocycles. The van der Waals surface area contributed by atoms with E-state index in [-0.39, 0.29) is 13.2 Å². The molecule has 0 heterocycles. The molecule has 6 aromatic carbocycles. The van der Waals surface area contributed by atoms with E-state index in [1.165, 1.54) is 64.7 Å². The lowest BCUT2D eigenvalue weighted by molar-refractivity contribution is 0.322. The van der Waals surface area contributed by atoms with Crippen molar-refractivity contribution < 1.29 is 10.2 Å². The zero-order chi connectivity index (χ0) is 27.8. The summed E-state index contributed by atoms with van der Waals surface area (Å²) in [4.78, 5) is 2.35. The minimum Gasteiger partial charge on any atom is -0.396 e. The lowest BCUT2D eigenvalue weighted by Crippen LogP contribution is -2.28. The monoisotopic (exact) mass is 570 g/mol. The Morgan fingerprint density at radius 1 is 0.463 bits per heavy atom. The maximum absolute atomic E-state index is 9.28. The Labute approximate surface area is 249 Å². The number of fused-ring (bicyclic) bond motifs is 5. The predicted molar refractivity (Wildman–Crippen MR) is 174 cm³/mol. The van der Waals surface area contributed by atoms with Gasteiger partial charge in [0.05, 0.1) is 18.6 Å². The molecule has 0 saturated carbocycles. The van der Waals surface area contributed by atoms with Gasteiger partial charge in [-0.25, -0.2) is 0 Å². The maximum Gasteiger partial charge on any atom is 0.0714 e. The van der Waals surface area contributed by atoms with E-state index in [9.17, 15) is 10.2 Å². The SMILES string of the molecule is OCCSc1ccc2cc(C3(c4ccc5cc(SCCO)ccc5c4)c4ccccc4-c4ccccc43)ccc2c1. The predicted octanol–water partition coefficient (Wildman–Crippen LogP) is 8.52. The fraction of sp³-hybridized carbons (Fsp3) is 0.135. The van der Waals surface area contributed by atoms with Crippen LogP contribution in [0.15, 0.2) is 131 Å². The number of benzene rings is 6. The van der Waals surface area contributed by atoms with Crippen molar-refractivity contribution in [1.29, 1.82) is 0 Å². The summed E-state index contributed by atoms with van der Waals surface area (Å²) in [5.41, 5.74) is 7.25. The second-order valence-corrected chi connectivity index (χ2v) is 12.8. The summed E-state index contributed by atoms with van der Waals surface area (Å²) >= 11 is 3.37. The van der Waals surface area contributed by atoms with Crippen molar-refractivity contribution in [3.63, 3.8) is 0 Å². The highest BCUT2D eigenvalue weighted by Gasteiger charge is 2.46. The first-order valence-corrected chi connectivity index (χ1v) is 15.9. The molecule has 0 atom stereocenters. The lowest BCUT2D eigenvalue weighted by Gasteiger charge is -2.34. The van der Waals surface area contributed by atoms with Crippen molar-refractivity contribution in [3.05, 3.63) is 144 Å². The van der Waals surface area contributed by atoms with Crippen LogP contribution in [0, 0.1) is 0 Å². The zero-order valence-corrected chi connectivity index (χ0v) is 24.2. The molecule has 7 rings (SSSR count). The van der Waals surface area contributed by atoms with E-state index in [0.717, 1.165) is 0 Å². The third-order valence-corrected chi connectivity index (χ3v) is 10.1. The van der Waals surface area contributed by atoms with Crippen LogP contribution in [0.2, 0.25) is 0 Å². The average Bonchev–Trinajstić information content (AvgIpc) is 3.33. The number of aliphatic hydroxyl groups excluding tert-OH is 2. The van der Waals surface area contributed by atoms with Crippen molar-refractivity contribution in [3.8, 4) is 11.1 Å². The summed E-state index contributed by atoms with van der Waals surface area (Å²) in [5, 5.41) is 23.4. The van der Waals surface area contributed by atoms with Crippen LogP contribution < -0.4 is 0 Å². The summed E-state index contributed by atoms with van der Waals surface area (Å²) in [6.45, 7) is 0.356. The molecule has 0 saturated heterocycles. The number of hydrogen-bond donors (Lipinski definition) is 2. The molecule has 4 heteroatoms. The van der Waals surface area contributed by atoms with Gasteiger partial charge in [-0.3, -0.25) is 0 Å². The van der Waals surface area contributed by atoms with E-state index in [0.29, 0.717) is 11.5 Å². The van der Waals surface area contributed by atoms with Gasteiger partial charge in [-0.2, -0.15) is 0 Å². The molecule has 0 radical (unpaired) electrons. The molecule has 202 valence electrons. The molecule has 0 fully saturated rings. The first-order valence-electron chi connectivity index (χ1n) is 14.0. The molecular formula is C37H30O2S2. The summed E-state index contributed by atoms with van der Waals surface area (Å²) in [6.07, 6.45) is 0. The number of hydrogen-bond acceptors (Lipinski definition) is 4. The second kappa shape index (κ2) is 11.0. The molecular weight excluding hydrogens is 541 g/mol. The highest BCUT2D eigenvalue weighted by Crippen LogP contribution is 2.56. The average molecular weight is 571 g/mol. The van der Waals surface area contributed by atoms with Crippen LogP contribution in [0.1, 0.15) is 22.3 Å². The second-order valence-electron chi connectivity index (χ2n) is 10.4. The van der Waals surface area contributed by atoms with Crippen molar-refractivity contribution >= 4 is 45.1 Å². The van der Waals surface area contributed by atoms with Crippen LogP contribution in [-0.4, -0.2) is 34.9 Å². The van der Waals surface area contributed by atoms with Gasteiger partial charge in [0, 0.05) is 21.3 Å². The van der Waals surface area contributed by atoms with Gasteiger partial charge in [-0.05, 0) is 91.3 Å². The quantitative estimate of drug-likeness (QED) is 0.180. The Balaban J connectivity index is 1.47. The molecule has 41 heavy (non-hydrogen) atoms. The Morgan fingerprint density at radius 2 is 0.878 bits per heavy atom. The van der Waals surface area contributed by atoms with E-state index >= 15 is 0 Å². The Morgan fingerprint density at radius 3 is 1.34 bits per heavy atom. The summed E-state index contributed by atoms with van der Waals surface area (Å²) in [5.74, 6) is 1.40. The number of aliphatic hydroxyl groups is 2. The van der Waals surface area contributed by atoms with Crippen molar-refractivity contribution in [2.45, 2.75) is 15.2 Å². The fourth-order valence-corrected chi connectivity index (χ4v) is 7.85. The standard InChI is InChI=1S/C37H30O2S2/c38-17-19-40-31-15-11-25-21-29(13-9-27(25)23-31)37(35-7-3-1-5-33(35)34-6-2-4-8-36(34)37)30-14-10-28-24-32(41-20-18-39)16-12-26(28)22-30/h1-16,21-24,38-39H,17-20H2. The van der Waals surface area contributed by atoms with E-state index in [4.69, 9.17) is 0 Å². The highest BCUT2D eigenvalue weighted by molar-refractivity contribution is 7.99. The first kappa shape index (κ1) is 26.4. The molecule has 0 aliphatic heterocycles. The molecule has 6 aromatic rings. The van der Waals surface area contributed by atoms with Gasteiger partial charge in [0.1, 0.15) is 0 Å². The highest BCUT2D eigenvalue weighted by atomic mass is 32.2. The van der Waals surface area contributed by atoms with Gasteiger partial charge in [0.2, 0.25) is 0 Å². The molecule has 0 aromatic heterocycles. The van der Waals surface area contributed by atoms with E-state index in [2.05, 4.69) is 121 Å². The third-order valence-electron chi connectivity index (χ3n) is 8.16. The molecule has 1 aliphatic rings.